The van der Waals surface area contributed by atoms with Gasteiger partial charge in [-0.2, -0.15) is 4.98 Å². The summed E-state index contributed by atoms with van der Waals surface area (Å²) >= 11 is 7.30. The number of nitrogens with zero attached hydrogens (tertiary/aromatic N) is 4. The van der Waals surface area contributed by atoms with E-state index in [4.69, 9.17) is 25.8 Å². The van der Waals surface area contributed by atoms with E-state index >= 15 is 0 Å². The lowest BCUT2D eigenvalue weighted by molar-refractivity contribution is 0.414. The van der Waals surface area contributed by atoms with E-state index in [1.165, 1.54) is 11.8 Å². The second-order valence-corrected chi connectivity index (χ2v) is 8.44. The van der Waals surface area contributed by atoms with Gasteiger partial charge in [0.05, 0.1) is 29.5 Å². The largest absolute Gasteiger partial charge is 0.497 e. The maximum absolute atomic E-state index is 13.4. The van der Waals surface area contributed by atoms with Gasteiger partial charge in [-0.1, -0.05) is 46.7 Å². The molecule has 0 bridgehead atoms. The minimum Gasteiger partial charge on any atom is -0.497 e. The molecule has 0 saturated heterocycles. The quantitative estimate of drug-likeness (QED) is 0.240. The van der Waals surface area contributed by atoms with Crippen LogP contribution in [-0.2, 0) is 5.75 Å². The van der Waals surface area contributed by atoms with E-state index < -0.39 is 0 Å². The number of halogens is 1. The molecule has 0 radical (unpaired) electrons. The van der Waals surface area contributed by atoms with E-state index in [2.05, 4.69) is 10.1 Å². The number of hydrogen-bond donors (Lipinski definition) is 0. The van der Waals surface area contributed by atoms with Crippen LogP contribution in [0, 0.1) is 0 Å². The summed E-state index contributed by atoms with van der Waals surface area (Å²) < 4.78 is 12.3. The van der Waals surface area contributed by atoms with Crippen molar-refractivity contribution in [2.75, 3.05) is 7.11 Å². The van der Waals surface area contributed by atoms with Gasteiger partial charge in [0.15, 0.2) is 11.0 Å². The zero-order chi connectivity index (χ0) is 22.8. The average Bonchev–Trinajstić information content (AvgIpc) is 3.32. The molecule has 33 heavy (non-hydrogen) atoms. The Morgan fingerprint density at radius 1 is 1.03 bits per heavy atom. The second kappa shape index (κ2) is 9.09. The first kappa shape index (κ1) is 21.2. The van der Waals surface area contributed by atoms with Gasteiger partial charge in [0, 0.05) is 16.7 Å². The smallest absolute Gasteiger partial charge is 0.266 e. The van der Waals surface area contributed by atoms with Crippen molar-refractivity contribution < 1.29 is 9.26 Å². The van der Waals surface area contributed by atoms with Gasteiger partial charge in [0.25, 0.3) is 11.4 Å². The summed E-state index contributed by atoms with van der Waals surface area (Å²) in [4.78, 5) is 22.6. The molecule has 0 aliphatic carbocycles. The molecule has 0 spiro atoms. The SMILES string of the molecule is COc1cccc(-n2c(SCc3noc(-c4ccc(Cl)cc4)n3)nc3ccccc3c2=O)c1. The summed E-state index contributed by atoms with van der Waals surface area (Å²) in [6.07, 6.45) is 0. The molecule has 164 valence electrons. The standard InChI is InChI=1S/C24H17ClN4O3S/c1-31-18-6-4-5-17(13-18)29-23(30)19-7-2-3-8-20(19)26-24(29)33-14-21-27-22(32-28-21)15-9-11-16(25)12-10-15/h2-13H,14H2,1H3. The number of para-hydroxylation sites is 1. The highest BCUT2D eigenvalue weighted by Crippen LogP contribution is 2.27. The predicted molar refractivity (Wildman–Crippen MR) is 128 cm³/mol. The number of benzene rings is 3. The first-order valence-corrected chi connectivity index (χ1v) is 11.4. The van der Waals surface area contributed by atoms with Crippen molar-refractivity contribution >= 4 is 34.3 Å². The van der Waals surface area contributed by atoms with Crippen LogP contribution in [0.25, 0.3) is 28.0 Å². The Balaban J connectivity index is 1.51. The van der Waals surface area contributed by atoms with Crippen molar-refractivity contribution in [1.29, 1.82) is 0 Å². The molecule has 3 aromatic carbocycles. The molecule has 0 unspecified atom stereocenters. The third-order valence-corrected chi connectivity index (χ3v) is 6.13. The highest BCUT2D eigenvalue weighted by molar-refractivity contribution is 7.98. The molecule has 5 aromatic rings. The number of rotatable bonds is 6. The van der Waals surface area contributed by atoms with Crippen molar-refractivity contribution in [3.05, 3.63) is 94.0 Å². The van der Waals surface area contributed by atoms with Gasteiger partial charge in [-0.15, -0.1) is 0 Å². The molecule has 0 fully saturated rings. The molecular formula is C24H17ClN4O3S. The topological polar surface area (TPSA) is 83.0 Å². The Morgan fingerprint density at radius 3 is 2.67 bits per heavy atom. The van der Waals surface area contributed by atoms with E-state index in [1.54, 1.807) is 35.9 Å². The monoisotopic (exact) mass is 476 g/mol. The summed E-state index contributed by atoms with van der Waals surface area (Å²) in [6, 6.07) is 21.7. The van der Waals surface area contributed by atoms with Gasteiger partial charge in [-0.3, -0.25) is 9.36 Å². The molecule has 0 atom stereocenters. The number of hydrogen-bond acceptors (Lipinski definition) is 7. The summed E-state index contributed by atoms with van der Waals surface area (Å²) in [5, 5.41) is 5.76. The van der Waals surface area contributed by atoms with Crippen LogP contribution in [0.15, 0.2) is 87.3 Å². The molecule has 0 saturated carbocycles. The summed E-state index contributed by atoms with van der Waals surface area (Å²) in [5.41, 5.74) is 1.90. The Bertz CT molecular complexity index is 1500. The highest BCUT2D eigenvalue weighted by Gasteiger charge is 2.16. The number of fused-ring (bicyclic) bond motifs is 1. The predicted octanol–water partition coefficient (Wildman–Crippen LogP) is 5.39. The summed E-state index contributed by atoms with van der Waals surface area (Å²) in [6.45, 7) is 0. The molecule has 9 heteroatoms. The van der Waals surface area contributed by atoms with Gasteiger partial charge < -0.3 is 9.26 Å². The lowest BCUT2D eigenvalue weighted by Gasteiger charge is -2.13. The summed E-state index contributed by atoms with van der Waals surface area (Å²) in [5.74, 6) is 1.91. The third-order valence-electron chi connectivity index (χ3n) is 4.95. The van der Waals surface area contributed by atoms with Gasteiger partial charge in [-0.25, -0.2) is 4.98 Å². The number of ether oxygens (including phenoxy) is 1. The zero-order valence-electron chi connectivity index (χ0n) is 17.4. The van der Waals surface area contributed by atoms with Gasteiger partial charge >= 0.3 is 0 Å². The Morgan fingerprint density at radius 2 is 1.85 bits per heavy atom. The molecule has 5 rings (SSSR count). The van der Waals surface area contributed by atoms with Crippen LogP contribution in [0.4, 0.5) is 0 Å². The van der Waals surface area contributed by atoms with Crippen LogP contribution in [0.2, 0.25) is 5.02 Å². The zero-order valence-corrected chi connectivity index (χ0v) is 19.0. The maximum Gasteiger partial charge on any atom is 0.266 e. The normalized spacial score (nSPS) is 11.1. The first-order chi connectivity index (χ1) is 16.1. The number of aromatic nitrogens is 4. The van der Waals surface area contributed by atoms with Crippen molar-refractivity contribution in [2.24, 2.45) is 0 Å². The lowest BCUT2D eigenvalue weighted by Crippen LogP contribution is -2.21. The molecule has 2 aromatic heterocycles. The van der Waals surface area contributed by atoms with Crippen LogP contribution < -0.4 is 10.3 Å². The van der Waals surface area contributed by atoms with E-state index in [-0.39, 0.29) is 5.56 Å². The Kier molecular flexibility index (Phi) is 5.85. The Labute approximate surface area is 198 Å². The number of thioether (sulfide) groups is 1. The van der Waals surface area contributed by atoms with Crippen LogP contribution in [0.5, 0.6) is 5.75 Å². The van der Waals surface area contributed by atoms with E-state index in [0.29, 0.717) is 50.0 Å². The van der Waals surface area contributed by atoms with Gasteiger partial charge in [0.2, 0.25) is 0 Å². The van der Waals surface area contributed by atoms with Crippen LogP contribution in [0.1, 0.15) is 5.82 Å². The fraction of sp³-hybridized carbons (Fsp3) is 0.0833. The van der Waals surface area contributed by atoms with Crippen LogP contribution in [0.3, 0.4) is 0 Å². The molecule has 0 N–H and O–H groups in total. The van der Waals surface area contributed by atoms with Crippen molar-refractivity contribution in [1.82, 2.24) is 19.7 Å². The van der Waals surface area contributed by atoms with Crippen molar-refractivity contribution in [2.45, 2.75) is 10.9 Å². The number of methoxy groups -OCH3 is 1. The van der Waals surface area contributed by atoms with E-state index in [9.17, 15) is 4.79 Å². The molecule has 0 amide bonds. The fourth-order valence-corrected chi connectivity index (χ4v) is 4.32. The minimum absolute atomic E-state index is 0.161. The van der Waals surface area contributed by atoms with E-state index in [1.807, 2.05) is 48.5 Å². The van der Waals surface area contributed by atoms with Crippen molar-refractivity contribution in [3.8, 4) is 22.9 Å². The molecule has 7 nitrogen and oxygen atoms in total. The third kappa shape index (κ3) is 4.35. The molecule has 0 aliphatic heterocycles. The summed E-state index contributed by atoms with van der Waals surface area (Å²) in [7, 11) is 1.59. The van der Waals surface area contributed by atoms with Gasteiger partial charge in [0.1, 0.15) is 5.75 Å². The van der Waals surface area contributed by atoms with Crippen molar-refractivity contribution in [3.63, 3.8) is 0 Å². The lowest BCUT2D eigenvalue weighted by atomic mass is 10.2. The van der Waals surface area contributed by atoms with Crippen LogP contribution >= 0.6 is 23.4 Å². The second-order valence-electron chi connectivity index (χ2n) is 7.06. The van der Waals surface area contributed by atoms with E-state index in [0.717, 1.165) is 5.56 Å². The Hall–Kier alpha value is -3.62. The maximum atomic E-state index is 13.4. The molecular weight excluding hydrogens is 460 g/mol. The average molecular weight is 477 g/mol. The molecule has 2 heterocycles. The fourth-order valence-electron chi connectivity index (χ4n) is 3.34. The van der Waals surface area contributed by atoms with Gasteiger partial charge in [-0.05, 0) is 48.5 Å². The highest BCUT2D eigenvalue weighted by atomic mass is 35.5. The minimum atomic E-state index is -0.161. The van der Waals surface area contributed by atoms with Crippen LogP contribution in [-0.4, -0.2) is 26.8 Å². The first-order valence-electron chi connectivity index (χ1n) is 10.00. The molecule has 0 aliphatic rings.